The fourth-order valence-electron chi connectivity index (χ4n) is 0.620. The summed E-state index contributed by atoms with van der Waals surface area (Å²) in [5, 5.41) is 0.449. The summed E-state index contributed by atoms with van der Waals surface area (Å²) in [6.45, 7) is 1.81. The number of ketones is 1. The maximum absolute atomic E-state index is 10.7. The summed E-state index contributed by atoms with van der Waals surface area (Å²) in [6, 6.07) is 3.22. The molecule has 11 heavy (non-hydrogen) atoms. The number of Topliss-reactive ketones (excluding diaryl/α,β-unsaturated/α-hetero) is 1. The second kappa shape index (κ2) is 3.30. The third kappa shape index (κ3) is 1.88. The molecule has 58 valence electrons. The number of ether oxygens (including phenoxy) is 1. The predicted molar refractivity (Wildman–Crippen MR) is 41.0 cm³/mol. The van der Waals surface area contributed by atoms with Crippen molar-refractivity contribution in [3.8, 4) is 5.06 Å². The first-order valence-corrected chi connectivity index (χ1v) is 3.77. The lowest BCUT2D eigenvalue weighted by Crippen LogP contribution is -1.84. The van der Waals surface area contributed by atoms with Crippen molar-refractivity contribution in [2.75, 3.05) is 0 Å². The lowest BCUT2D eigenvalue weighted by molar-refractivity contribution is -0.120. The molecule has 1 heterocycles. The van der Waals surface area contributed by atoms with Crippen LogP contribution in [0.4, 0.5) is 0 Å². The first-order chi connectivity index (χ1) is 5.24. The van der Waals surface area contributed by atoms with Gasteiger partial charge in [0.15, 0.2) is 10.8 Å². The zero-order chi connectivity index (χ0) is 8.27. The first-order valence-electron chi connectivity index (χ1n) is 2.95. The van der Waals surface area contributed by atoms with E-state index >= 15 is 0 Å². The highest BCUT2D eigenvalue weighted by Crippen LogP contribution is 2.23. The van der Waals surface area contributed by atoms with Crippen molar-refractivity contribution in [1.82, 2.24) is 0 Å². The maximum Gasteiger partial charge on any atom is 0.299 e. The van der Waals surface area contributed by atoms with Crippen LogP contribution in [0.15, 0.2) is 12.1 Å². The molecule has 0 aliphatic carbocycles. The fraction of sp³-hybridized carbons (Fsp3) is 0.143. The summed E-state index contributed by atoms with van der Waals surface area (Å²) in [5.41, 5.74) is 0. The highest BCUT2D eigenvalue weighted by Gasteiger charge is 2.03. The third-order valence-electron chi connectivity index (χ3n) is 1.09. The van der Waals surface area contributed by atoms with Crippen molar-refractivity contribution in [3.05, 3.63) is 17.0 Å². The van der Waals surface area contributed by atoms with E-state index in [2.05, 4.69) is 4.74 Å². The van der Waals surface area contributed by atoms with Gasteiger partial charge in [-0.2, -0.15) is 0 Å². The van der Waals surface area contributed by atoms with Crippen LogP contribution in [0.5, 0.6) is 5.06 Å². The fourth-order valence-corrected chi connectivity index (χ4v) is 1.34. The molecule has 0 bridgehead atoms. The predicted octanol–water partition coefficient (Wildman–Crippen LogP) is 1.49. The Bertz CT molecular complexity index is 277. The molecular weight excluding hydrogens is 164 g/mol. The molecule has 0 radical (unpaired) electrons. The molecule has 4 heteroatoms. The van der Waals surface area contributed by atoms with Crippen LogP contribution < -0.4 is 4.74 Å². The summed E-state index contributed by atoms with van der Waals surface area (Å²) in [5.74, 6) is -0.0178. The summed E-state index contributed by atoms with van der Waals surface area (Å²) < 4.78 is 4.52. The van der Waals surface area contributed by atoms with Crippen LogP contribution in [0.25, 0.3) is 0 Å². The number of rotatable bonds is 3. The van der Waals surface area contributed by atoms with E-state index in [-0.39, 0.29) is 5.78 Å². The largest absolute Gasteiger partial charge is 0.418 e. The van der Waals surface area contributed by atoms with Gasteiger partial charge in [0.2, 0.25) is 0 Å². The molecule has 3 nitrogen and oxygen atoms in total. The Morgan fingerprint density at radius 1 is 1.64 bits per heavy atom. The molecule has 1 aromatic heterocycles. The van der Waals surface area contributed by atoms with Gasteiger partial charge in [-0.05, 0) is 19.1 Å². The molecule has 1 rings (SSSR count). The van der Waals surface area contributed by atoms with Crippen LogP contribution in [0, 0.1) is 0 Å². The van der Waals surface area contributed by atoms with Crippen molar-refractivity contribution in [1.29, 1.82) is 0 Å². The Morgan fingerprint density at radius 3 is 2.82 bits per heavy atom. The Kier molecular flexibility index (Phi) is 2.38. The van der Waals surface area contributed by atoms with Crippen LogP contribution in [0.1, 0.15) is 16.6 Å². The summed E-state index contributed by atoms with van der Waals surface area (Å²) >= 11 is 1.16. The van der Waals surface area contributed by atoms with E-state index in [0.717, 1.165) is 11.3 Å². The van der Waals surface area contributed by atoms with Gasteiger partial charge < -0.3 is 4.74 Å². The average Bonchev–Trinajstić information content (AvgIpc) is 2.37. The normalized spacial score (nSPS) is 9.18. The van der Waals surface area contributed by atoms with E-state index < -0.39 is 0 Å². The molecule has 0 atom stereocenters. The smallest absolute Gasteiger partial charge is 0.299 e. The van der Waals surface area contributed by atoms with Gasteiger partial charge in [-0.1, -0.05) is 11.3 Å². The number of hydrogen-bond acceptors (Lipinski definition) is 4. The van der Waals surface area contributed by atoms with Crippen LogP contribution in [0.2, 0.25) is 0 Å². The lowest BCUT2D eigenvalue weighted by Gasteiger charge is -1.86. The monoisotopic (exact) mass is 170 g/mol. The molecule has 0 amide bonds. The van der Waals surface area contributed by atoms with Gasteiger partial charge in [0.05, 0.1) is 4.88 Å². The third-order valence-corrected chi connectivity index (χ3v) is 2.17. The van der Waals surface area contributed by atoms with Crippen molar-refractivity contribution >= 4 is 23.6 Å². The molecule has 0 aromatic carbocycles. The Labute approximate surface area is 67.6 Å². The van der Waals surface area contributed by atoms with Gasteiger partial charge >= 0.3 is 0 Å². The number of carbonyl (C=O) groups is 2. The number of thiophene rings is 1. The Balaban J connectivity index is 2.81. The quantitative estimate of drug-likeness (QED) is 0.509. The molecule has 0 saturated heterocycles. The van der Waals surface area contributed by atoms with E-state index in [1.54, 1.807) is 12.1 Å². The van der Waals surface area contributed by atoms with Gasteiger partial charge in [-0.15, -0.1) is 0 Å². The van der Waals surface area contributed by atoms with E-state index in [0.29, 0.717) is 16.4 Å². The van der Waals surface area contributed by atoms with Crippen molar-refractivity contribution < 1.29 is 14.3 Å². The van der Waals surface area contributed by atoms with Gasteiger partial charge in [-0.25, -0.2) is 0 Å². The van der Waals surface area contributed by atoms with Crippen LogP contribution in [-0.4, -0.2) is 12.3 Å². The topological polar surface area (TPSA) is 43.4 Å². The van der Waals surface area contributed by atoms with E-state index in [9.17, 15) is 9.59 Å². The molecule has 0 aliphatic heterocycles. The van der Waals surface area contributed by atoms with Gasteiger partial charge in [0.25, 0.3) is 6.47 Å². The first kappa shape index (κ1) is 7.94. The minimum atomic E-state index is -0.0178. The second-order valence-corrected chi connectivity index (χ2v) is 2.94. The molecule has 0 aliphatic rings. The molecule has 0 saturated carbocycles. The highest BCUT2D eigenvalue weighted by molar-refractivity contribution is 7.15. The molecule has 0 spiro atoms. The zero-order valence-electron chi connectivity index (χ0n) is 5.87. The molecule has 1 aromatic rings. The second-order valence-electron chi connectivity index (χ2n) is 1.89. The minimum absolute atomic E-state index is 0.0178. The minimum Gasteiger partial charge on any atom is -0.418 e. The van der Waals surface area contributed by atoms with Crippen molar-refractivity contribution in [3.63, 3.8) is 0 Å². The Morgan fingerprint density at radius 2 is 2.36 bits per heavy atom. The molecule has 0 unspecified atom stereocenters. The van der Waals surface area contributed by atoms with Crippen LogP contribution in [-0.2, 0) is 4.79 Å². The Hall–Kier alpha value is -1.16. The molecular formula is C7H6O3S. The number of carbonyl (C=O) groups excluding carboxylic acids is 2. The average molecular weight is 170 g/mol. The van der Waals surface area contributed by atoms with E-state index in [1.807, 2.05) is 0 Å². The highest BCUT2D eigenvalue weighted by atomic mass is 32.1. The SMILES string of the molecule is CC(=O)c1ccc(OC=O)s1. The summed E-state index contributed by atoms with van der Waals surface area (Å²) in [6.07, 6.45) is 0. The van der Waals surface area contributed by atoms with E-state index in [1.165, 1.54) is 6.92 Å². The summed E-state index contributed by atoms with van der Waals surface area (Å²) in [7, 11) is 0. The van der Waals surface area contributed by atoms with Crippen LogP contribution >= 0.6 is 11.3 Å². The van der Waals surface area contributed by atoms with Crippen molar-refractivity contribution in [2.24, 2.45) is 0 Å². The summed E-state index contributed by atoms with van der Waals surface area (Å²) in [4.78, 5) is 21.2. The van der Waals surface area contributed by atoms with Gasteiger partial charge in [0.1, 0.15) is 0 Å². The lowest BCUT2D eigenvalue weighted by atomic mass is 10.4. The standard InChI is InChI=1S/C7H6O3S/c1-5(9)6-2-3-7(11-6)10-4-8/h2-4H,1H3. The maximum atomic E-state index is 10.7. The van der Waals surface area contributed by atoms with E-state index in [4.69, 9.17) is 0 Å². The molecule has 0 N–H and O–H groups in total. The number of hydrogen-bond donors (Lipinski definition) is 0. The van der Waals surface area contributed by atoms with Crippen LogP contribution in [0.3, 0.4) is 0 Å². The molecule has 0 fully saturated rings. The zero-order valence-corrected chi connectivity index (χ0v) is 6.68. The van der Waals surface area contributed by atoms with Gasteiger partial charge in [0, 0.05) is 0 Å². The van der Waals surface area contributed by atoms with Gasteiger partial charge in [-0.3, -0.25) is 9.59 Å². The van der Waals surface area contributed by atoms with Crippen molar-refractivity contribution in [2.45, 2.75) is 6.92 Å².